The van der Waals surface area contributed by atoms with Crippen LogP contribution in [0.3, 0.4) is 0 Å². The van der Waals surface area contributed by atoms with Crippen LogP contribution in [0.1, 0.15) is 69.4 Å². The van der Waals surface area contributed by atoms with Gasteiger partial charge in [0, 0.05) is 0 Å². The Hall–Kier alpha value is -0.780. The summed E-state index contributed by atoms with van der Waals surface area (Å²) < 4.78 is 0. The highest BCUT2D eigenvalue weighted by molar-refractivity contribution is 5.25. The van der Waals surface area contributed by atoms with Crippen molar-refractivity contribution in [1.82, 2.24) is 0 Å². The number of benzene rings is 1. The molecule has 0 atom stereocenters. The van der Waals surface area contributed by atoms with Crippen molar-refractivity contribution in [2.24, 2.45) is 0 Å². The molecule has 0 nitrogen and oxygen atoms in total. The summed E-state index contributed by atoms with van der Waals surface area (Å²) in [6.45, 7) is 4.50. The zero-order valence-corrected chi connectivity index (χ0v) is 11.7. The lowest BCUT2D eigenvalue weighted by molar-refractivity contribution is 0.575. The summed E-state index contributed by atoms with van der Waals surface area (Å²) in [6.07, 6.45) is 12.5. The normalized spacial score (nSPS) is 10.7. The van der Waals surface area contributed by atoms with Crippen LogP contribution >= 0.6 is 0 Å². The zero-order valence-electron chi connectivity index (χ0n) is 11.7. The minimum absolute atomic E-state index is 1.27. The average Bonchev–Trinajstić information content (AvgIpc) is 2.35. The number of hydrogen-bond acceptors (Lipinski definition) is 0. The first kappa shape index (κ1) is 14.3. The maximum atomic E-state index is 2.28. The number of unbranched alkanes of at least 4 members (excludes halogenated alkanes) is 7. The Labute approximate surface area is 107 Å². The first-order chi connectivity index (χ1) is 8.34. The molecular formula is C17H28. The van der Waals surface area contributed by atoms with Gasteiger partial charge in [0.15, 0.2) is 0 Å². The second-order valence-corrected chi connectivity index (χ2v) is 5.15. The van der Waals surface area contributed by atoms with Gasteiger partial charge in [-0.3, -0.25) is 0 Å². The summed E-state index contributed by atoms with van der Waals surface area (Å²) in [6, 6.07) is 8.79. The molecule has 0 bridgehead atoms. The maximum absolute atomic E-state index is 2.28. The molecule has 0 aliphatic rings. The summed E-state index contributed by atoms with van der Waals surface area (Å²) >= 11 is 0. The van der Waals surface area contributed by atoms with Crippen molar-refractivity contribution >= 4 is 0 Å². The molecule has 0 spiro atoms. The molecule has 0 N–H and O–H groups in total. The molecule has 0 radical (unpaired) electrons. The summed E-state index contributed by atoms with van der Waals surface area (Å²) in [5, 5.41) is 0. The lowest BCUT2D eigenvalue weighted by Gasteiger charge is -2.05. The monoisotopic (exact) mass is 232 g/mol. The minimum atomic E-state index is 1.27. The molecule has 0 saturated heterocycles. The van der Waals surface area contributed by atoms with Crippen LogP contribution in [0.2, 0.25) is 0 Å². The molecular weight excluding hydrogens is 204 g/mol. The first-order valence-electron chi connectivity index (χ1n) is 7.39. The van der Waals surface area contributed by atoms with Crippen molar-refractivity contribution in [2.45, 2.75) is 71.6 Å². The molecule has 0 aliphatic carbocycles. The smallest absolute Gasteiger partial charge is 0.0276 e. The van der Waals surface area contributed by atoms with Gasteiger partial charge >= 0.3 is 0 Å². The van der Waals surface area contributed by atoms with Crippen LogP contribution in [-0.4, -0.2) is 0 Å². The Kier molecular flexibility index (Phi) is 7.79. The van der Waals surface area contributed by atoms with E-state index in [1.165, 1.54) is 63.4 Å². The molecule has 0 unspecified atom stereocenters. The highest BCUT2D eigenvalue weighted by Gasteiger charge is 1.97. The number of aryl methyl sites for hydroxylation is 2. The van der Waals surface area contributed by atoms with Gasteiger partial charge in [0.2, 0.25) is 0 Å². The van der Waals surface area contributed by atoms with Gasteiger partial charge in [-0.15, -0.1) is 0 Å². The Morgan fingerprint density at radius 1 is 0.765 bits per heavy atom. The molecule has 0 aromatic heterocycles. The van der Waals surface area contributed by atoms with E-state index in [1.807, 2.05) is 0 Å². The predicted octanol–water partition coefficient (Wildman–Crippen LogP) is 5.68. The van der Waals surface area contributed by atoms with E-state index in [0.29, 0.717) is 0 Å². The summed E-state index contributed by atoms with van der Waals surface area (Å²) in [4.78, 5) is 0. The van der Waals surface area contributed by atoms with Crippen molar-refractivity contribution in [3.63, 3.8) is 0 Å². The van der Waals surface area contributed by atoms with Gasteiger partial charge in [0.25, 0.3) is 0 Å². The number of hydrogen-bond donors (Lipinski definition) is 0. The Morgan fingerprint density at radius 2 is 1.35 bits per heavy atom. The van der Waals surface area contributed by atoms with E-state index in [2.05, 4.69) is 38.1 Å². The van der Waals surface area contributed by atoms with E-state index in [0.717, 1.165) is 0 Å². The molecule has 0 saturated carbocycles. The van der Waals surface area contributed by atoms with Crippen LogP contribution < -0.4 is 0 Å². The number of rotatable bonds is 9. The maximum Gasteiger partial charge on any atom is -0.0276 e. The molecule has 0 fully saturated rings. The molecule has 0 heteroatoms. The third kappa shape index (κ3) is 6.51. The largest absolute Gasteiger partial charge is 0.0654 e. The minimum Gasteiger partial charge on any atom is -0.0654 e. The SMILES string of the molecule is CCCCCCCCCCc1ccccc1C. The van der Waals surface area contributed by atoms with Gasteiger partial charge in [-0.05, 0) is 30.9 Å². The molecule has 1 rings (SSSR count). The van der Waals surface area contributed by atoms with Gasteiger partial charge in [0.1, 0.15) is 0 Å². The van der Waals surface area contributed by atoms with E-state index >= 15 is 0 Å². The van der Waals surface area contributed by atoms with Crippen molar-refractivity contribution in [3.8, 4) is 0 Å². The van der Waals surface area contributed by atoms with Crippen LogP contribution in [0.4, 0.5) is 0 Å². The fourth-order valence-corrected chi connectivity index (χ4v) is 2.34. The van der Waals surface area contributed by atoms with Gasteiger partial charge in [-0.25, -0.2) is 0 Å². The summed E-state index contributed by atoms with van der Waals surface area (Å²) in [7, 11) is 0. The molecule has 1 aromatic rings. The standard InChI is InChI=1S/C17H28/c1-3-4-5-6-7-8-9-10-14-17-15-12-11-13-16(17)2/h11-13,15H,3-10,14H2,1-2H3. The second-order valence-electron chi connectivity index (χ2n) is 5.15. The summed E-state index contributed by atoms with van der Waals surface area (Å²) in [5.41, 5.74) is 2.99. The van der Waals surface area contributed by atoms with Crippen molar-refractivity contribution in [2.75, 3.05) is 0 Å². The first-order valence-corrected chi connectivity index (χ1v) is 7.39. The van der Waals surface area contributed by atoms with E-state index in [4.69, 9.17) is 0 Å². The Balaban J connectivity index is 1.99. The van der Waals surface area contributed by atoms with E-state index in [1.54, 1.807) is 5.56 Å². The lowest BCUT2D eigenvalue weighted by atomic mass is 10.0. The van der Waals surface area contributed by atoms with E-state index in [9.17, 15) is 0 Å². The van der Waals surface area contributed by atoms with Crippen LogP contribution in [0.15, 0.2) is 24.3 Å². The van der Waals surface area contributed by atoms with Gasteiger partial charge in [0.05, 0.1) is 0 Å². The molecule has 0 aliphatic heterocycles. The van der Waals surface area contributed by atoms with Crippen LogP contribution in [0.5, 0.6) is 0 Å². The molecule has 0 amide bonds. The van der Waals surface area contributed by atoms with Crippen molar-refractivity contribution < 1.29 is 0 Å². The molecule has 96 valence electrons. The van der Waals surface area contributed by atoms with Gasteiger partial charge < -0.3 is 0 Å². The van der Waals surface area contributed by atoms with Crippen molar-refractivity contribution in [3.05, 3.63) is 35.4 Å². The highest BCUT2D eigenvalue weighted by Crippen LogP contribution is 2.13. The Bertz CT molecular complexity index is 288. The van der Waals surface area contributed by atoms with Crippen LogP contribution in [0.25, 0.3) is 0 Å². The van der Waals surface area contributed by atoms with E-state index in [-0.39, 0.29) is 0 Å². The molecule has 0 heterocycles. The lowest BCUT2D eigenvalue weighted by Crippen LogP contribution is -1.89. The highest BCUT2D eigenvalue weighted by atomic mass is 14.0. The average molecular weight is 232 g/mol. The van der Waals surface area contributed by atoms with Crippen LogP contribution in [-0.2, 0) is 6.42 Å². The van der Waals surface area contributed by atoms with Gasteiger partial charge in [-0.2, -0.15) is 0 Å². The molecule has 1 aromatic carbocycles. The zero-order chi connectivity index (χ0) is 12.3. The molecule has 17 heavy (non-hydrogen) atoms. The Morgan fingerprint density at radius 3 is 2.00 bits per heavy atom. The topological polar surface area (TPSA) is 0 Å². The van der Waals surface area contributed by atoms with Crippen molar-refractivity contribution in [1.29, 1.82) is 0 Å². The fraction of sp³-hybridized carbons (Fsp3) is 0.647. The van der Waals surface area contributed by atoms with E-state index < -0.39 is 0 Å². The fourth-order valence-electron chi connectivity index (χ4n) is 2.34. The van der Waals surface area contributed by atoms with Crippen LogP contribution in [0, 0.1) is 6.92 Å². The second kappa shape index (κ2) is 9.27. The van der Waals surface area contributed by atoms with Gasteiger partial charge in [-0.1, -0.05) is 76.1 Å². The quantitative estimate of drug-likeness (QED) is 0.481. The third-order valence-corrected chi connectivity index (χ3v) is 3.56. The summed E-state index contributed by atoms with van der Waals surface area (Å²) in [5.74, 6) is 0. The third-order valence-electron chi connectivity index (χ3n) is 3.56. The predicted molar refractivity (Wildman–Crippen MR) is 77.5 cm³/mol.